The highest BCUT2D eigenvalue weighted by Gasteiger charge is 2.24. The predicted molar refractivity (Wildman–Crippen MR) is 128 cm³/mol. The maximum atomic E-state index is 12.4. The summed E-state index contributed by atoms with van der Waals surface area (Å²) < 4.78 is 11.0. The molecule has 1 heterocycles. The van der Waals surface area contributed by atoms with E-state index in [1.807, 2.05) is 70.2 Å². The van der Waals surface area contributed by atoms with Gasteiger partial charge in [0, 0.05) is 18.4 Å². The molecule has 3 aromatic rings. The number of ketones is 1. The highest BCUT2D eigenvalue weighted by molar-refractivity contribution is 5.86. The number of fused-ring (bicyclic) bond motifs is 1. The van der Waals surface area contributed by atoms with E-state index < -0.39 is 17.7 Å². The Morgan fingerprint density at radius 2 is 1.82 bits per heavy atom. The van der Waals surface area contributed by atoms with Crippen LogP contribution in [0.5, 0.6) is 0 Å². The van der Waals surface area contributed by atoms with Crippen molar-refractivity contribution in [3.63, 3.8) is 0 Å². The molecule has 0 aliphatic heterocycles. The smallest absolute Gasteiger partial charge is 0.408 e. The Morgan fingerprint density at radius 1 is 1.06 bits per heavy atom. The summed E-state index contributed by atoms with van der Waals surface area (Å²) in [6, 6.07) is 13.6. The van der Waals surface area contributed by atoms with E-state index in [0.29, 0.717) is 31.0 Å². The number of hydrogen-bond acceptors (Lipinski definition) is 6. The molecule has 1 N–H and O–H groups in total. The average molecular weight is 452 g/mol. The number of amides is 1. The lowest BCUT2D eigenvalue weighted by Gasteiger charge is -2.22. The van der Waals surface area contributed by atoms with Gasteiger partial charge in [-0.2, -0.15) is 4.98 Å². The number of benzene rings is 2. The molecular weight excluding hydrogens is 418 g/mol. The van der Waals surface area contributed by atoms with Crippen LogP contribution in [0.4, 0.5) is 4.79 Å². The largest absolute Gasteiger partial charge is 0.444 e. The first-order valence-electron chi connectivity index (χ1n) is 11.6. The van der Waals surface area contributed by atoms with Crippen molar-refractivity contribution in [2.24, 2.45) is 0 Å². The molecule has 0 saturated carbocycles. The summed E-state index contributed by atoms with van der Waals surface area (Å²) in [5.41, 5.74) is 0.212. The number of carbonyl (C=O) groups is 2. The van der Waals surface area contributed by atoms with Crippen LogP contribution in [0.25, 0.3) is 22.2 Å². The molecule has 0 bridgehead atoms. The van der Waals surface area contributed by atoms with Crippen LogP contribution >= 0.6 is 0 Å². The zero-order valence-electron chi connectivity index (χ0n) is 19.9. The van der Waals surface area contributed by atoms with Crippen molar-refractivity contribution < 1.29 is 18.8 Å². The Bertz CT molecular complexity index is 1080. The van der Waals surface area contributed by atoms with Gasteiger partial charge in [0.25, 0.3) is 5.89 Å². The van der Waals surface area contributed by atoms with Crippen molar-refractivity contribution in [1.82, 2.24) is 15.5 Å². The van der Waals surface area contributed by atoms with E-state index in [0.717, 1.165) is 35.6 Å². The fraction of sp³-hybridized carbons (Fsp3) is 0.462. The Labute approximate surface area is 194 Å². The molecule has 0 saturated heterocycles. The summed E-state index contributed by atoms with van der Waals surface area (Å²) >= 11 is 0. The van der Waals surface area contributed by atoms with Gasteiger partial charge in [-0.3, -0.25) is 4.79 Å². The molecule has 0 spiro atoms. The monoisotopic (exact) mass is 451 g/mol. The van der Waals surface area contributed by atoms with Crippen LogP contribution in [0.15, 0.2) is 47.0 Å². The van der Waals surface area contributed by atoms with Gasteiger partial charge in [0.2, 0.25) is 0 Å². The number of alkyl carbamates (subject to hydrolysis) is 1. The molecule has 0 fully saturated rings. The van der Waals surface area contributed by atoms with Crippen molar-refractivity contribution >= 4 is 22.6 Å². The Balaban J connectivity index is 1.72. The van der Waals surface area contributed by atoms with Crippen LogP contribution in [0, 0.1) is 0 Å². The zero-order chi connectivity index (χ0) is 23.8. The molecule has 1 aromatic heterocycles. The fourth-order valence-electron chi connectivity index (χ4n) is 3.56. The van der Waals surface area contributed by atoms with Crippen molar-refractivity contribution in [3.05, 3.63) is 48.3 Å². The van der Waals surface area contributed by atoms with Gasteiger partial charge in [0.15, 0.2) is 5.82 Å². The van der Waals surface area contributed by atoms with E-state index in [1.165, 1.54) is 0 Å². The number of aromatic nitrogens is 2. The maximum Gasteiger partial charge on any atom is 0.408 e. The molecule has 0 aliphatic rings. The second kappa shape index (κ2) is 11.1. The summed E-state index contributed by atoms with van der Waals surface area (Å²) in [5.74, 6) is 1.09. The zero-order valence-corrected chi connectivity index (χ0v) is 19.9. The average Bonchev–Trinajstić information content (AvgIpc) is 3.26. The highest BCUT2D eigenvalue weighted by Crippen LogP contribution is 2.26. The molecule has 0 unspecified atom stereocenters. The van der Waals surface area contributed by atoms with Gasteiger partial charge in [0.1, 0.15) is 11.4 Å². The third-order valence-electron chi connectivity index (χ3n) is 5.28. The Kier molecular flexibility index (Phi) is 8.20. The third-order valence-corrected chi connectivity index (χ3v) is 5.28. The number of nitrogens with zero attached hydrogens (tertiary/aromatic N) is 2. The lowest BCUT2D eigenvalue weighted by atomic mass is 10.0. The van der Waals surface area contributed by atoms with E-state index >= 15 is 0 Å². The lowest BCUT2D eigenvalue weighted by molar-refractivity contribution is -0.118. The standard InChI is InChI=1S/C26H33N3O4/c1-5-21(30)13-7-6-8-14-22(27-25(31)32-26(2,3)4)23-28-24(33-29-23)20-16-15-18-11-9-10-12-19(18)17-20/h9-12,15-17,22H,5-8,13-14H2,1-4H3,(H,27,31)/t22-/m0/s1. The minimum Gasteiger partial charge on any atom is -0.444 e. The van der Waals surface area contributed by atoms with Crippen LogP contribution in [0.3, 0.4) is 0 Å². The van der Waals surface area contributed by atoms with E-state index in [4.69, 9.17) is 9.26 Å². The minimum absolute atomic E-state index is 0.275. The first kappa shape index (κ1) is 24.4. The first-order valence-corrected chi connectivity index (χ1v) is 11.6. The molecule has 176 valence electrons. The Morgan fingerprint density at radius 3 is 2.55 bits per heavy atom. The second-order valence-electron chi connectivity index (χ2n) is 9.21. The van der Waals surface area contributed by atoms with Crippen molar-refractivity contribution in [2.45, 2.75) is 77.9 Å². The van der Waals surface area contributed by atoms with Crippen molar-refractivity contribution in [1.29, 1.82) is 0 Å². The molecule has 2 aromatic carbocycles. The minimum atomic E-state index is -0.608. The van der Waals surface area contributed by atoms with Gasteiger partial charge < -0.3 is 14.6 Å². The van der Waals surface area contributed by atoms with E-state index in [9.17, 15) is 9.59 Å². The van der Waals surface area contributed by atoms with Gasteiger partial charge in [-0.15, -0.1) is 0 Å². The number of unbranched alkanes of at least 4 members (excludes halogenated alkanes) is 2. The molecule has 1 atom stereocenters. The highest BCUT2D eigenvalue weighted by atomic mass is 16.6. The van der Waals surface area contributed by atoms with Gasteiger partial charge >= 0.3 is 6.09 Å². The predicted octanol–water partition coefficient (Wildman–Crippen LogP) is 6.39. The van der Waals surface area contributed by atoms with Crippen LogP contribution in [0.1, 0.15) is 78.1 Å². The van der Waals surface area contributed by atoms with Crippen LogP contribution in [-0.4, -0.2) is 27.6 Å². The van der Waals surface area contributed by atoms with Crippen LogP contribution in [0.2, 0.25) is 0 Å². The van der Waals surface area contributed by atoms with Crippen LogP contribution in [-0.2, 0) is 9.53 Å². The van der Waals surface area contributed by atoms with Crippen molar-refractivity contribution in [3.8, 4) is 11.5 Å². The SMILES string of the molecule is CCC(=O)CCCCC[C@H](NC(=O)OC(C)(C)C)c1noc(-c2ccc3ccccc3c2)n1. The molecular formula is C26H33N3O4. The number of ether oxygens (including phenoxy) is 1. The summed E-state index contributed by atoms with van der Waals surface area (Å²) in [4.78, 5) is 28.5. The lowest BCUT2D eigenvalue weighted by Crippen LogP contribution is -2.35. The quantitative estimate of drug-likeness (QED) is 0.359. The van der Waals surface area contributed by atoms with Gasteiger partial charge in [-0.1, -0.05) is 55.3 Å². The molecule has 3 rings (SSSR count). The molecule has 7 heteroatoms. The maximum absolute atomic E-state index is 12.4. The summed E-state index contributed by atoms with van der Waals surface area (Å²) in [6.45, 7) is 7.34. The molecule has 33 heavy (non-hydrogen) atoms. The molecule has 0 radical (unpaired) electrons. The number of hydrogen-bond donors (Lipinski definition) is 1. The molecule has 1 amide bonds. The Hall–Kier alpha value is -3.22. The molecule has 7 nitrogen and oxygen atoms in total. The number of carbonyl (C=O) groups excluding carboxylic acids is 2. The van der Waals surface area contributed by atoms with Gasteiger partial charge in [-0.05, 0) is 56.5 Å². The summed E-state index contributed by atoms with van der Waals surface area (Å²) in [6.07, 6.45) is 3.80. The summed E-state index contributed by atoms with van der Waals surface area (Å²) in [5, 5.41) is 9.25. The van der Waals surface area contributed by atoms with E-state index in [-0.39, 0.29) is 5.78 Å². The van der Waals surface area contributed by atoms with Crippen molar-refractivity contribution in [2.75, 3.05) is 0 Å². The summed E-state index contributed by atoms with van der Waals surface area (Å²) in [7, 11) is 0. The molecule has 0 aliphatic carbocycles. The van der Waals surface area contributed by atoms with E-state index in [1.54, 1.807) is 0 Å². The van der Waals surface area contributed by atoms with Gasteiger partial charge in [-0.25, -0.2) is 4.79 Å². The first-order chi connectivity index (χ1) is 15.7. The number of nitrogens with one attached hydrogen (secondary N) is 1. The topological polar surface area (TPSA) is 94.3 Å². The fourth-order valence-corrected chi connectivity index (χ4v) is 3.56. The van der Waals surface area contributed by atoms with E-state index in [2.05, 4.69) is 15.5 Å². The van der Waals surface area contributed by atoms with Crippen LogP contribution < -0.4 is 5.32 Å². The number of Topliss-reactive ketones (excluding diaryl/α,β-unsaturated/α-hetero) is 1. The third kappa shape index (κ3) is 7.41. The normalized spacial score (nSPS) is 12.5. The second-order valence-corrected chi connectivity index (χ2v) is 9.21. The number of rotatable bonds is 10. The van der Waals surface area contributed by atoms with Gasteiger partial charge in [0.05, 0.1) is 6.04 Å².